The van der Waals surface area contributed by atoms with E-state index >= 15 is 0 Å². The van der Waals surface area contributed by atoms with E-state index in [1.165, 1.54) is 0 Å². The molecule has 1 saturated heterocycles. The fourth-order valence-corrected chi connectivity index (χ4v) is 5.62. The molecule has 3 atom stereocenters. The number of carbonyl (C=O) groups is 3. The topological polar surface area (TPSA) is 97.4 Å². The minimum Gasteiger partial charge on any atom is -0.360 e. The van der Waals surface area contributed by atoms with E-state index in [2.05, 4.69) is 10.5 Å². The van der Waals surface area contributed by atoms with Gasteiger partial charge in [0.25, 0.3) is 5.91 Å². The van der Waals surface area contributed by atoms with Crippen LogP contribution < -0.4 is 5.32 Å². The quantitative estimate of drug-likeness (QED) is 0.633. The van der Waals surface area contributed by atoms with Gasteiger partial charge in [0.05, 0.1) is 6.54 Å². The summed E-state index contributed by atoms with van der Waals surface area (Å²) in [6.45, 7) is 5.27. The number of nitrogens with one attached hydrogen (secondary N) is 1. The Hall–Kier alpha value is -2.90. The molecule has 2 aromatic heterocycles. The molecule has 2 aromatic rings. The number of imide groups is 1. The second-order valence-corrected chi connectivity index (χ2v) is 8.71. The van der Waals surface area contributed by atoms with Gasteiger partial charge in [0, 0.05) is 23.0 Å². The number of carbonyl (C=O) groups excluding carboxylic acids is 3. The second-order valence-electron chi connectivity index (χ2n) is 8.71. The van der Waals surface area contributed by atoms with Crippen molar-refractivity contribution in [1.29, 1.82) is 0 Å². The molecule has 1 spiro atoms. The SMILES string of the molecule is Cc1cc(-n2c(C)cc(C(=O)CN3C(=O)NC4(CC5CCC4C5)C3=O)c2C)no1. The molecule has 8 heteroatoms. The summed E-state index contributed by atoms with van der Waals surface area (Å²) in [4.78, 5) is 39.9. The Morgan fingerprint density at radius 3 is 2.69 bits per heavy atom. The van der Waals surface area contributed by atoms with Gasteiger partial charge in [-0.3, -0.25) is 19.1 Å². The van der Waals surface area contributed by atoms with Crippen molar-refractivity contribution in [2.45, 2.75) is 52.0 Å². The fraction of sp³-hybridized carbons (Fsp3) is 0.524. The molecule has 29 heavy (non-hydrogen) atoms. The molecule has 5 rings (SSSR count). The first-order valence-corrected chi connectivity index (χ1v) is 10.1. The van der Waals surface area contributed by atoms with Crippen LogP contribution in [0.25, 0.3) is 5.82 Å². The Labute approximate surface area is 168 Å². The van der Waals surface area contributed by atoms with Crippen molar-refractivity contribution in [2.24, 2.45) is 11.8 Å². The first-order chi connectivity index (χ1) is 13.8. The number of hydrogen-bond donors (Lipinski definition) is 1. The number of amides is 3. The van der Waals surface area contributed by atoms with Gasteiger partial charge >= 0.3 is 6.03 Å². The lowest BCUT2D eigenvalue weighted by Crippen LogP contribution is -2.51. The summed E-state index contributed by atoms with van der Waals surface area (Å²) in [7, 11) is 0. The number of Topliss-reactive ketones (excluding diaryl/α,β-unsaturated/α-hetero) is 1. The first kappa shape index (κ1) is 18.1. The van der Waals surface area contributed by atoms with Crippen LogP contribution in [-0.2, 0) is 4.79 Å². The van der Waals surface area contributed by atoms with Gasteiger partial charge < -0.3 is 9.84 Å². The minimum atomic E-state index is -0.782. The molecule has 3 aliphatic rings. The lowest BCUT2D eigenvalue weighted by molar-refractivity contribution is -0.132. The van der Waals surface area contributed by atoms with Crippen molar-refractivity contribution in [3.05, 3.63) is 34.8 Å². The smallest absolute Gasteiger partial charge is 0.325 e. The number of aromatic nitrogens is 2. The summed E-state index contributed by atoms with van der Waals surface area (Å²) in [5, 5.41) is 6.96. The van der Waals surface area contributed by atoms with Crippen molar-refractivity contribution in [2.75, 3.05) is 6.54 Å². The number of nitrogens with zero attached hydrogens (tertiary/aromatic N) is 3. The molecule has 0 aromatic carbocycles. The van der Waals surface area contributed by atoms with Crippen LogP contribution in [0.3, 0.4) is 0 Å². The van der Waals surface area contributed by atoms with Crippen LogP contribution in [-0.4, -0.2) is 44.4 Å². The van der Waals surface area contributed by atoms with Gasteiger partial charge in [-0.05, 0) is 64.4 Å². The monoisotopic (exact) mass is 396 g/mol. The third kappa shape index (κ3) is 2.51. The van der Waals surface area contributed by atoms with E-state index in [1.54, 1.807) is 19.1 Å². The van der Waals surface area contributed by atoms with Crippen LogP contribution in [0, 0.1) is 32.6 Å². The standard InChI is InChI=1S/C21H24N4O4/c1-11-6-16(13(3)25(11)18-7-12(2)29-23-18)17(26)10-24-19(27)21(22-20(24)28)9-14-4-5-15(21)8-14/h6-7,14-15H,4-5,8-10H2,1-3H3,(H,22,28). The van der Waals surface area contributed by atoms with Gasteiger partial charge in [-0.25, -0.2) is 4.79 Å². The molecule has 3 fully saturated rings. The highest BCUT2D eigenvalue weighted by Crippen LogP contribution is 2.52. The molecular weight excluding hydrogens is 372 g/mol. The van der Waals surface area contributed by atoms with Gasteiger partial charge in [-0.2, -0.15) is 0 Å². The lowest BCUT2D eigenvalue weighted by atomic mass is 9.81. The highest BCUT2D eigenvalue weighted by atomic mass is 16.5. The van der Waals surface area contributed by atoms with E-state index in [9.17, 15) is 14.4 Å². The van der Waals surface area contributed by atoms with E-state index in [4.69, 9.17) is 4.52 Å². The number of urea groups is 1. The van der Waals surface area contributed by atoms with Gasteiger partial charge in [-0.1, -0.05) is 5.16 Å². The average Bonchev–Trinajstić information content (AvgIpc) is 3.46. The van der Waals surface area contributed by atoms with E-state index in [0.29, 0.717) is 35.2 Å². The van der Waals surface area contributed by atoms with Crippen LogP contribution in [0.2, 0.25) is 0 Å². The first-order valence-electron chi connectivity index (χ1n) is 10.1. The maximum Gasteiger partial charge on any atom is 0.325 e. The van der Waals surface area contributed by atoms with E-state index in [-0.39, 0.29) is 24.2 Å². The number of fused-ring (bicyclic) bond motifs is 3. The molecule has 1 aliphatic heterocycles. The van der Waals surface area contributed by atoms with Crippen LogP contribution in [0.15, 0.2) is 16.7 Å². The Bertz CT molecular complexity index is 1050. The number of aryl methyl sites for hydroxylation is 2. The average molecular weight is 396 g/mol. The Morgan fingerprint density at radius 2 is 2.07 bits per heavy atom. The minimum absolute atomic E-state index is 0.199. The van der Waals surface area contributed by atoms with Crippen molar-refractivity contribution in [3.8, 4) is 5.82 Å². The maximum atomic E-state index is 13.1. The van der Waals surface area contributed by atoms with E-state index < -0.39 is 11.6 Å². The van der Waals surface area contributed by atoms with E-state index in [1.807, 2.05) is 18.4 Å². The molecular formula is C21H24N4O4. The zero-order valence-corrected chi connectivity index (χ0v) is 16.8. The number of ketones is 1. The Morgan fingerprint density at radius 1 is 1.28 bits per heavy atom. The second kappa shape index (κ2) is 6.05. The van der Waals surface area contributed by atoms with Crippen molar-refractivity contribution < 1.29 is 18.9 Å². The number of rotatable bonds is 4. The Balaban J connectivity index is 1.40. The van der Waals surface area contributed by atoms with Crippen molar-refractivity contribution in [3.63, 3.8) is 0 Å². The van der Waals surface area contributed by atoms with Gasteiger partial charge in [0.15, 0.2) is 11.6 Å². The molecule has 1 N–H and O–H groups in total. The zero-order chi connectivity index (χ0) is 20.5. The molecule has 2 bridgehead atoms. The molecule has 152 valence electrons. The zero-order valence-electron chi connectivity index (χ0n) is 16.8. The van der Waals surface area contributed by atoms with Crippen LogP contribution in [0.1, 0.15) is 53.2 Å². The molecule has 3 unspecified atom stereocenters. The molecule has 2 saturated carbocycles. The van der Waals surface area contributed by atoms with E-state index in [0.717, 1.165) is 29.9 Å². The van der Waals surface area contributed by atoms with Crippen LogP contribution in [0.5, 0.6) is 0 Å². The molecule has 2 aliphatic carbocycles. The summed E-state index contributed by atoms with van der Waals surface area (Å²) in [5.74, 6) is 1.50. The molecule has 3 amide bonds. The molecule has 8 nitrogen and oxygen atoms in total. The third-order valence-electron chi connectivity index (χ3n) is 6.93. The summed E-state index contributed by atoms with van der Waals surface area (Å²) < 4.78 is 6.99. The van der Waals surface area contributed by atoms with Crippen molar-refractivity contribution >= 4 is 17.7 Å². The number of hydrogen-bond acceptors (Lipinski definition) is 5. The highest BCUT2D eigenvalue weighted by molar-refractivity contribution is 6.11. The highest BCUT2D eigenvalue weighted by Gasteiger charge is 2.62. The van der Waals surface area contributed by atoms with Gasteiger partial charge in [0.1, 0.15) is 11.3 Å². The third-order valence-corrected chi connectivity index (χ3v) is 6.93. The lowest BCUT2D eigenvalue weighted by Gasteiger charge is -2.30. The maximum absolute atomic E-state index is 13.1. The summed E-state index contributed by atoms with van der Waals surface area (Å²) in [6.07, 6.45) is 3.79. The van der Waals surface area contributed by atoms with Crippen LogP contribution >= 0.6 is 0 Å². The predicted molar refractivity (Wildman–Crippen MR) is 103 cm³/mol. The predicted octanol–water partition coefficient (Wildman–Crippen LogP) is 2.68. The van der Waals surface area contributed by atoms with Gasteiger partial charge in [0.2, 0.25) is 0 Å². The fourth-order valence-electron chi connectivity index (χ4n) is 5.62. The van der Waals surface area contributed by atoms with Crippen LogP contribution in [0.4, 0.5) is 4.79 Å². The summed E-state index contributed by atoms with van der Waals surface area (Å²) in [6, 6.07) is 3.12. The normalized spacial score (nSPS) is 28.0. The Kier molecular flexibility index (Phi) is 3.78. The molecule has 0 radical (unpaired) electrons. The van der Waals surface area contributed by atoms with Crippen molar-refractivity contribution in [1.82, 2.24) is 19.9 Å². The van der Waals surface area contributed by atoms with Gasteiger partial charge in [-0.15, -0.1) is 0 Å². The molecule has 3 heterocycles. The summed E-state index contributed by atoms with van der Waals surface area (Å²) >= 11 is 0. The summed E-state index contributed by atoms with van der Waals surface area (Å²) in [5.41, 5.74) is 1.25. The largest absolute Gasteiger partial charge is 0.360 e.